The SMILES string of the molecule is CC(=O)Nc1ccc(C2CCC(=O)NC2=O)nc1N1C(C)CC(OCCCC2CCC(N3C(=S)N(c4ccc(C#N)c(C(F)(F)F)c4)C(=O)C3(C)C)CC2)CC1C. The van der Waals surface area contributed by atoms with Crippen LogP contribution in [0.1, 0.15) is 122 Å². The van der Waals surface area contributed by atoms with Crippen molar-refractivity contribution >= 4 is 58.2 Å². The molecule has 6 rings (SSSR count). The standard InChI is InChI=1S/C41H50F3N7O5S/c1-23-19-30(20-24(2)49(23)36-34(46-25(3)52)16-15-33(47-36)31-14-17-35(53)48-37(31)54)56-18-6-7-26-8-11-28(12-9-26)51-39(57)50(38(55)40(51,4)5)29-13-10-27(22-45)32(21-29)41(42,43)44/h10,13,15-16,21,23-24,26,28,30-31H,6-9,11-12,14,17-20H2,1-5H3,(H,46,52)(H,48,53,54). The summed E-state index contributed by atoms with van der Waals surface area (Å²) in [5.74, 6) is -0.762. The molecule has 4 aliphatic rings. The fourth-order valence-electron chi connectivity index (χ4n) is 9.16. The summed E-state index contributed by atoms with van der Waals surface area (Å²) in [4.78, 5) is 60.3. The van der Waals surface area contributed by atoms with E-state index >= 15 is 0 Å². The third kappa shape index (κ3) is 8.79. The largest absolute Gasteiger partial charge is 0.417 e. The van der Waals surface area contributed by atoms with Crippen LogP contribution in [0.5, 0.6) is 0 Å². The van der Waals surface area contributed by atoms with Gasteiger partial charge in [0, 0.05) is 38.1 Å². The Morgan fingerprint density at radius 3 is 2.37 bits per heavy atom. The van der Waals surface area contributed by atoms with E-state index in [0.29, 0.717) is 36.1 Å². The molecule has 3 unspecified atom stereocenters. The van der Waals surface area contributed by atoms with Crippen LogP contribution in [0.3, 0.4) is 0 Å². The second-order valence-electron chi connectivity index (χ2n) is 16.4. The Kier molecular flexibility index (Phi) is 12.3. The number of nitrogens with zero attached hydrogens (tertiary/aromatic N) is 5. The third-order valence-corrected chi connectivity index (χ3v) is 12.3. The molecule has 1 aromatic carbocycles. The molecule has 3 saturated heterocycles. The van der Waals surface area contributed by atoms with Crippen LogP contribution in [0.4, 0.5) is 30.4 Å². The van der Waals surface area contributed by atoms with Gasteiger partial charge in [-0.2, -0.15) is 18.4 Å². The summed E-state index contributed by atoms with van der Waals surface area (Å²) in [6.45, 7) is 9.77. The van der Waals surface area contributed by atoms with Crippen molar-refractivity contribution in [2.75, 3.05) is 21.7 Å². The summed E-state index contributed by atoms with van der Waals surface area (Å²) in [6, 6.07) is 8.37. The molecular weight excluding hydrogens is 760 g/mol. The summed E-state index contributed by atoms with van der Waals surface area (Å²) in [7, 11) is 0. The van der Waals surface area contributed by atoms with Crippen molar-refractivity contribution in [1.82, 2.24) is 15.2 Å². The highest BCUT2D eigenvalue weighted by molar-refractivity contribution is 7.80. The van der Waals surface area contributed by atoms with Gasteiger partial charge in [-0.15, -0.1) is 0 Å². The summed E-state index contributed by atoms with van der Waals surface area (Å²) < 4.78 is 47.7. The van der Waals surface area contributed by atoms with E-state index in [4.69, 9.17) is 21.9 Å². The Morgan fingerprint density at radius 1 is 1.07 bits per heavy atom. The van der Waals surface area contributed by atoms with Crippen molar-refractivity contribution in [2.24, 2.45) is 5.92 Å². The number of hydrogen-bond donors (Lipinski definition) is 2. The molecule has 4 amide bonds. The molecule has 57 heavy (non-hydrogen) atoms. The zero-order chi connectivity index (χ0) is 41.4. The molecule has 1 aromatic heterocycles. The molecule has 0 spiro atoms. The van der Waals surface area contributed by atoms with Gasteiger partial charge in [0.05, 0.1) is 46.3 Å². The topological polar surface area (TPSA) is 148 Å². The van der Waals surface area contributed by atoms with Crippen LogP contribution in [-0.2, 0) is 30.1 Å². The van der Waals surface area contributed by atoms with E-state index in [1.54, 1.807) is 32.0 Å². The van der Waals surface area contributed by atoms with Gasteiger partial charge in [-0.1, -0.05) is 0 Å². The van der Waals surface area contributed by atoms with Crippen LogP contribution in [0.15, 0.2) is 30.3 Å². The van der Waals surface area contributed by atoms with Gasteiger partial charge >= 0.3 is 6.18 Å². The maximum absolute atomic E-state index is 13.7. The highest BCUT2D eigenvalue weighted by atomic mass is 32.1. The number of alkyl halides is 3. The Bertz CT molecular complexity index is 1950. The van der Waals surface area contributed by atoms with E-state index < -0.39 is 34.7 Å². The number of imide groups is 1. The van der Waals surface area contributed by atoms with Gasteiger partial charge in [-0.3, -0.25) is 29.4 Å². The molecule has 16 heteroatoms. The highest BCUT2D eigenvalue weighted by Gasteiger charge is 2.52. The van der Waals surface area contributed by atoms with E-state index in [0.717, 1.165) is 63.5 Å². The molecular formula is C41H50F3N7O5S. The fourth-order valence-corrected chi connectivity index (χ4v) is 9.72. The number of hydrogen-bond acceptors (Lipinski definition) is 9. The maximum atomic E-state index is 13.7. The Balaban J connectivity index is 1.01. The van der Waals surface area contributed by atoms with Crippen LogP contribution in [0, 0.1) is 17.2 Å². The summed E-state index contributed by atoms with van der Waals surface area (Å²) in [5.41, 5.74) is -1.53. The molecule has 12 nitrogen and oxygen atoms in total. The van der Waals surface area contributed by atoms with Gasteiger partial charge in [-0.05, 0) is 134 Å². The van der Waals surface area contributed by atoms with Crippen molar-refractivity contribution < 1.29 is 37.1 Å². The second-order valence-corrected chi connectivity index (χ2v) is 16.7. The van der Waals surface area contributed by atoms with E-state index in [9.17, 15) is 37.6 Å². The number of amides is 4. The van der Waals surface area contributed by atoms with Crippen molar-refractivity contribution in [3.05, 3.63) is 47.2 Å². The number of nitriles is 1. The van der Waals surface area contributed by atoms with Gasteiger partial charge in [-0.25, -0.2) is 4.98 Å². The van der Waals surface area contributed by atoms with Gasteiger partial charge in [0.25, 0.3) is 5.91 Å². The fraction of sp³-hybridized carbons (Fsp3) is 0.585. The lowest BCUT2D eigenvalue weighted by molar-refractivity contribution is -0.138. The molecule has 1 saturated carbocycles. The Labute approximate surface area is 336 Å². The second kappa shape index (κ2) is 16.7. The van der Waals surface area contributed by atoms with Crippen LogP contribution in [0.25, 0.3) is 0 Å². The lowest BCUT2D eigenvalue weighted by atomic mass is 9.82. The molecule has 2 aromatic rings. The predicted octanol–water partition coefficient (Wildman–Crippen LogP) is 6.96. The lowest BCUT2D eigenvalue weighted by Crippen LogP contribution is -2.51. The summed E-state index contributed by atoms with van der Waals surface area (Å²) in [5, 5.41) is 14.7. The minimum atomic E-state index is -4.76. The molecule has 1 aliphatic carbocycles. The number of carbonyl (C=O) groups excluding carboxylic acids is 4. The maximum Gasteiger partial charge on any atom is 0.417 e. The number of thiocarbonyl (C=S) groups is 1. The number of piperidine rings is 2. The first-order chi connectivity index (χ1) is 26.9. The number of pyridine rings is 1. The molecule has 2 N–H and O–H groups in total. The monoisotopic (exact) mass is 809 g/mol. The number of aromatic nitrogens is 1. The number of rotatable bonds is 10. The molecule has 3 atom stereocenters. The number of nitrogens with one attached hydrogen (secondary N) is 2. The van der Waals surface area contributed by atoms with Gasteiger partial charge < -0.3 is 19.9 Å². The van der Waals surface area contributed by atoms with Gasteiger partial charge in [0.2, 0.25) is 17.7 Å². The van der Waals surface area contributed by atoms with E-state index in [-0.39, 0.29) is 59.2 Å². The highest BCUT2D eigenvalue weighted by Crippen LogP contribution is 2.42. The summed E-state index contributed by atoms with van der Waals surface area (Å²) in [6.07, 6.45) is 2.72. The Hall–Kier alpha value is -4.62. The molecule has 4 fully saturated rings. The minimum absolute atomic E-state index is 0.000405. The zero-order valence-electron chi connectivity index (χ0n) is 32.9. The first-order valence-corrected chi connectivity index (χ1v) is 20.1. The summed E-state index contributed by atoms with van der Waals surface area (Å²) >= 11 is 5.76. The average Bonchev–Trinajstić information content (AvgIpc) is 3.32. The van der Waals surface area contributed by atoms with Crippen LogP contribution >= 0.6 is 12.2 Å². The number of carbonyl (C=O) groups is 4. The van der Waals surface area contributed by atoms with Crippen molar-refractivity contribution in [2.45, 2.75) is 141 Å². The van der Waals surface area contributed by atoms with Crippen molar-refractivity contribution in [1.29, 1.82) is 5.26 Å². The first kappa shape index (κ1) is 42.0. The first-order valence-electron chi connectivity index (χ1n) is 19.7. The molecule has 0 radical (unpaired) electrons. The van der Waals surface area contributed by atoms with Gasteiger partial charge in [0.15, 0.2) is 10.9 Å². The minimum Gasteiger partial charge on any atom is -0.378 e. The predicted molar refractivity (Wildman–Crippen MR) is 211 cm³/mol. The van der Waals surface area contributed by atoms with Crippen LogP contribution in [0.2, 0.25) is 0 Å². The quantitative estimate of drug-likeness (QED) is 0.147. The number of halogens is 3. The Morgan fingerprint density at radius 2 is 1.75 bits per heavy atom. The van der Waals surface area contributed by atoms with E-state index in [2.05, 4.69) is 29.4 Å². The zero-order valence-corrected chi connectivity index (χ0v) is 33.8. The lowest BCUT2D eigenvalue weighted by Gasteiger charge is -2.44. The van der Waals surface area contributed by atoms with Crippen LogP contribution in [-0.4, -0.2) is 75.0 Å². The molecule has 3 aliphatic heterocycles. The molecule has 4 heterocycles. The van der Waals surface area contributed by atoms with E-state index in [1.807, 2.05) is 4.90 Å². The number of anilines is 3. The van der Waals surface area contributed by atoms with Gasteiger partial charge in [0.1, 0.15) is 5.54 Å². The van der Waals surface area contributed by atoms with Crippen molar-refractivity contribution in [3.63, 3.8) is 0 Å². The number of ether oxygens (including phenoxy) is 1. The van der Waals surface area contributed by atoms with Crippen molar-refractivity contribution in [3.8, 4) is 6.07 Å². The molecule has 0 bridgehead atoms. The number of benzene rings is 1. The van der Waals surface area contributed by atoms with Crippen LogP contribution < -0.4 is 20.4 Å². The third-order valence-electron chi connectivity index (χ3n) is 11.9. The van der Waals surface area contributed by atoms with E-state index in [1.165, 1.54) is 17.9 Å². The normalized spacial score (nSPS) is 26.7. The molecule has 306 valence electrons. The smallest absolute Gasteiger partial charge is 0.378 e. The average molecular weight is 810 g/mol.